The van der Waals surface area contributed by atoms with E-state index in [1.54, 1.807) is 0 Å². The maximum Gasteiger partial charge on any atom is 0.472 e. The van der Waals surface area contributed by atoms with Crippen LogP contribution in [-0.2, 0) is 32.7 Å². The molecule has 78 heavy (non-hydrogen) atoms. The van der Waals surface area contributed by atoms with Gasteiger partial charge in [0.1, 0.15) is 19.8 Å². The Labute approximate surface area is 483 Å². The van der Waals surface area contributed by atoms with Gasteiger partial charge in [0.15, 0.2) is 6.10 Å². The number of allylic oxidation sites excluding steroid dienone is 10. The fourth-order valence-electron chi connectivity index (χ4n) is 9.52. The van der Waals surface area contributed by atoms with Gasteiger partial charge in [0.05, 0.1) is 27.7 Å². The van der Waals surface area contributed by atoms with Crippen LogP contribution in [-0.4, -0.2) is 74.9 Å². The van der Waals surface area contributed by atoms with Gasteiger partial charge in [-0.25, -0.2) is 4.57 Å². The van der Waals surface area contributed by atoms with Gasteiger partial charge < -0.3 is 18.9 Å². The molecule has 0 spiro atoms. The van der Waals surface area contributed by atoms with Crippen molar-refractivity contribution in [2.45, 2.75) is 315 Å². The maximum absolute atomic E-state index is 12.8. The lowest BCUT2D eigenvalue weighted by Gasteiger charge is -2.24. The van der Waals surface area contributed by atoms with Gasteiger partial charge in [-0.15, -0.1) is 0 Å². The Kier molecular flexibility index (Phi) is 57.6. The van der Waals surface area contributed by atoms with Crippen molar-refractivity contribution in [3.63, 3.8) is 0 Å². The van der Waals surface area contributed by atoms with Gasteiger partial charge in [-0.05, 0) is 57.8 Å². The zero-order valence-corrected chi connectivity index (χ0v) is 52.8. The largest absolute Gasteiger partial charge is 0.472 e. The highest BCUT2D eigenvalue weighted by molar-refractivity contribution is 7.47. The number of ether oxygens (including phenoxy) is 2. The zero-order valence-electron chi connectivity index (χ0n) is 51.9. The highest BCUT2D eigenvalue weighted by Crippen LogP contribution is 2.43. The van der Waals surface area contributed by atoms with E-state index in [2.05, 4.69) is 74.6 Å². The highest BCUT2D eigenvalue weighted by Gasteiger charge is 2.27. The quantitative estimate of drug-likeness (QED) is 0.0211. The second kappa shape index (κ2) is 59.3. The van der Waals surface area contributed by atoms with Crippen molar-refractivity contribution < 1.29 is 42.1 Å². The number of carbonyl (C=O) groups is 2. The van der Waals surface area contributed by atoms with E-state index in [0.717, 1.165) is 77.0 Å². The van der Waals surface area contributed by atoms with Crippen LogP contribution in [0.15, 0.2) is 60.8 Å². The normalized spacial score (nSPS) is 13.6. The SMILES string of the molecule is CC/C=C\C/C=C\C/C=C\C/C=C\C/C=C\CCCCCCCCCC(=O)OC(COC(=O)CCCCCCCCCCCCCCCCCCCCCCCCCCCCCCCCC)COP(=O)(O)OCC[N+](C)(C)C. The van der Waals surface area contributed by atoms with Crippen LogP contribution in [0.4, 0.5) is 0 Å². The summed E-state index contributed by atoms with van der Waals surface area (Å²) in [4.78, 5) is 35.8. The minimum atomic E-state index is -4.39. The molecule has 0 aromatic carbocycles. The molecule has 456 valence electrons. The number of unbranched alkanes of at least 4 members (excludes halogenated alkanes) is 37. The Morgan fingerprint density at radius 2 is 0.731 bits per heavy atom. The van der Waals surface area contributed by atoms with Crippen molar-refractivity contribution in [1.29, 1.82) is 0 Å². The number of quaternary nitrogens is 1. The molecule has 0 fully saturated rings. The molecule has 0 aliphatic rings. The van der Waals surface area contributed by atoms with E-state index in [1.165, 1.54) is 199 Å². The molecular weight excluding hydrogens is 990 g/mol. The third-order valence-electron chi connectivity index (χ3n) is 14.6. The Balaban J connectivity index is 4.04. The third kappa shape index (κ3) is 62.9. The third-order valence-corrected chi connectivity index (χ3v) is 15.5. The van der Waals surface area contributed by atoms with Crippen molar-refractivity contribution in [2.24, 2.45) is 0 Å². The van der Waals surface area contributed by atoms with E-state index < -0.39 is 26.5 Å². The number of phosphoric acid groups is 1. The number of rotatable bonds is 61. The second-order valence-electron chi connectivity index (χ2n) is 23.5. The molecule has 0 saturated heterocycles. The fourth-order valence-corrected chi connectivity index (χ4v) is 10.3. The molecule has 0 bridgehead atoms. The van der Waals surface area contributed by atoms with Crippen molar-refractivity contribution in [1.82, 2.24) is 0 Å². The summed E-state index contributed by atoms with van der Waals surface area (Å²) in [5.41, 5.74) is 0. The molecule has 2 atom stereocenters. The van der Waals surface area contributed by atoms with E-state index in [0.29, 0.717) is 17.4 Å². The number of likely N-dealkylation sites (N-methyl/N-ethyl adjacent to an activating group) is 1. The first-order valence-corrected chi connectivity index (χ1v) is 34.5. The van der Waals surface area contributed by atoms with Crippen LogP contribution in [0.3, 0.4) is 0 Å². The smallest absolute Gasteiger partial charge is 0.462 e. The number of carbonyl (C=O) groups excluding carboxylic acids is 2. The summed E-state index contributed by atoms with van der Waals surface area (Å²) in [7, 11) is 1.47. The summed E-state index contributed by atoms with van der Waals surface area (Å²) in [6.07, 6.45) is 77.5. The molecule has 0 aromatic heterocycles. The molecule has 10 heteroatoms. The van der Waals surface area contributed by atoms with Crippen molar-refractivity contribution in [2.75, 3.05) is 47.5 Å². The fraction of sp³-hybridized carbons (Fsp3) is 0.824. The molecule has 0 radical (unpaired) electrons. The molecule has 0 saturated carbocycles. The van der Waals surface area contributed by atoms with Crippen LogP contribution in [0.2, 0.25) is 0 Å². The lowest BCUT2D eigenvalue weighted by molar-refractivity contribution is -0.870. The standard InChI is InChI=1S/C68H126NO8P/c1-6-8-10-12-14-16-18-20-22-24-26-28-30-31-32-33-34-35-36-37-39-40-42-44-46-48-50-52-54-56-58-60-67(70)74-64-66(65-76-78(72,73)75-63-62-69(3,4)5)77-68(71)61-59-57-55-53-51-49-47-45-43-41-38-29-27-25-23-21-19-17-15-13-11-9-7-2/h9,11,15,17,21,23,27,29,41,43,66H,6-8,10,12-14,16,18-20,22,24-26,28,30-40,42,44-65H2,1-5H3/p+1/b11-9-,17-15-,23-21-,29-27-,43-41-. The first kappa shape index (κ1) is 75.7. The second-order valence-corrected chi connectivity index (χ2v) is 24.9. The molecule has 0 amide bonds. The molecule has 0 aliphatic carbocycles. The molecule has 0 aromatic rings. The molecular formula is C68H127NO8P+. The van der Waals surface area contributed by atoms with Gasteiger partial charge in [0, 0.05) is 12.8 Å². The summed E-state index contributed by atoms with van der Waals surface area (Å²) < 4.78 is 34.7. The van der Waals surface area contributed by atoms with E-state index in [9.17, 15) is 19.0 Å². The highest BCUT2D eigenvalue weighted by atomic mass is 31.2. The Bertz CT molecular complexity index is 1500. The van der Waals surface area contributed by atoms with Crippen LogP contribution >= 0.6 is 7.82 Å². The Morgan fingerprint density at radius 3 is 1.09 bits per heavy atom. The molecule has 0 heterocycles. The number of hydrogen-bond donors (Lipinski definition) is 1. The molecule has 2 unspecified atom stereocenters. The average Bonchev–Trinajstić information content (AvgIpc) is 3.40. The van der Waals surface area contributed by atoms with Gasteiger partial charge in [-0.2, -0.15) is 0 Å². The van der Waals surface area contributed by atoms with E-state index in [4.69, 9.17) is 18.5 Å². The summed E-state index contributed by atoms with van der Waals surface area (Å²) in [5, 5.41) is 0. The van der Waals surface area contributed by atoms with Gasteiger partial charge >= 0.3 is 19.8 Å². The Morgan fingerprint density at radius 1 is 0.410 bits per heavy atom. The summed E-state index contributed by atoms with van der Waals surface area (Å²) in [6, 6.07) is 0. The molecule has 0 aliphatic heterocycles. The minimum absolute atomic E-state index is 0.0285. The topological polar surface area (TPSA) is 108 Å². The van der Waals surface area contributed by atoms with Crippen LogP contribution in [0.25, 0.3) is 0 Å². The molecule has 0 rings (SSSR count). The number of esters is 2. The minimum Gasteiger partial charge on any atom is -0.462 e. The summed E-state index contributed by atoms with van der Waals surface area (Å²) in [6.45, 7) is 4.35. The van der Waals surface area contributed by atoms with Crippen LogP contribution in [0.5, 0.6) is 0 Å². The predicted molar refractivity (Wildman–Crippen MR) is 335 cm³/mol. The first-order chi connectivity index (χ1) is 38.0. The zero-order chi connectivity index (χ0) is 57.0. The van der Waals surface area contributed by atoms with Gasteiger partial charge in [-0.3, -0.25) is 18.6 Å². The summed E-state index contributed by atoms with van der Waals surface area (Å²) >= 11 is 0. The van der Waals surface area contributed by atoms with Crippen molar-refractivity contribution >= 4 is 19.8 Å². The van der Waals surface area contributed by atoms with Gasteiger partial charge in [-0.1, -0.05) is 299 Å². The number of phosphoric ester groups is 1. The van der Waals surface area contributed by atoms with Crippen molar-refractivity contribution in [3.05, 3.63) is 60.8 Å². The van der Waals surface area contributed by atoms with Gasteiger partial charge in [0.2, 0.25) is 0 Å². The van der Waals surface area contributed by atoms with Crippen LogP contribution < -0.4 is 0 Å². The number of nitrogens with zero attached hydrogens (tertiary/aromatic N) is 1. The lowest BCUT2D eigenvalue weighted by atomic mass is 10.0. The first-order valence-electron chi connectivity index (χ1n) is 33.0. The maximum atomic E-state index is 12.8. The van der Waals surface area contributed by atoms with E-state index in [1.807, 2.05) is 21.1 Å². The molecule has 9 nitrogen and oxygen atoms in total. The average molecular weight is 1120 g/mol. The van der Waals surface area contributed by atoms with E-state index in [-0.39, 0.29) is 32.0 Å². The van der Waals surface area contributed by atoms with E-state index >= 15 is 0 Å². The molecule has 1 N–H and O–H groups in total. The summed E-state index contributed by atoms with van der Waals surface area (Å²) in [5.74, 6) is -0.799. The lowest BCUT2D eigenvalue weighted by Crippen LogP contribution is -2.37. The predicted octanol–water partition coefficient (Wildman–Crippen LogP) is 21.0. The van der Waals surface area contributed by atoms with Crippen molar-refractivity contribution in [3.8, 4) is 0 Å². The number of hydrogen-bond acceptors (Lipinski definition) is 7. The Hall–Kier alpha value is -2.29. The van der Waals surface area contributed by atoms with Crippen LogP contribution in [0.1, 0.15) is 309 Å². The monoisotopic (exact) mass is 1120 g/mol. The van der Waals surface area contributed by atoms with Crippen LogP contribution in [0, 0.1) is 0 Å². The van der Waals surface area contributed by atoms with Gasteiger partial charge in [0.25, 0.3) is 0 Å².